The quantitative estimate of drug-likeness (QED) is 0.194. The number of hydrogen-bond acceptors (Lipinski definition) is 10. The maximum absolute atomic E-state index is 10.5. The van der Waals surface area contributed by atoms with Gasteiger partial charge < -0.3 is 46.4 Å². The molecule has 0 unspecified atom stereocenters. The molecular weight excluding hydrogens is 648 g/mol. The molecule has 0 aromatic heterocycles. The summed E-state index contributed by atoms with van der Waals surface area (Å²) in [5.41, 5.74) is -3.10. The fourth-order valence-corrected chi connectivity index (χ4v) is 7.34. The van der Waals surface area contributed by atoms with E-state index < -0.39 is 51.7 Å². The molecule has 0 saturated carbocycles. The van der Waals surface area contributed by atoms with Crippen molar-refractivity contribution < 1.29 is 68.1 Å². The first kappa shape index (κ1) is 55.2. The molecule has 0 spiro atoms. The van der Waals surface area contributed by atoms with Crippen molar-refractivity contribution in [3.05, 3.63) is 0 Å². The summed E-state index contributed by atoms with van der Waals surface area (Å²) in [7, 11) is -7.31. The van der Waals surface area contributed by atoms with Crippen molar-refractivity contribution in [2.75, 3.05) is 13.2 Å². The summed E-state index contributed by atoms with van der Waals surface area (Å²) in [5.74, 6) is 0.880. The second kappa shape index (κ2) is 21.8. The molecule has 0 atom stereocenters. The van der Waals surface area contributed by atoms with Crippen LogP contribution in [0.25, 0.3) is 0 Å². The molecule has 0 aliphatic heterocycles. The minimum Gasteiger partial charge on any atom is -0.396 e. The van der Waals surface area contributed by atoms with Crippen molar-refractivity contribution in [1.82, 2.24) is 0 Å². The summed E-state index contributed by atoms with van der Waals surface area (Å²) in [6, 6.07) is 0. The average Bonchev–Trinajstić information content (AvgIpc) is 2.58. The molecule has 0 heterocycles. The van der Waals surface area contributed by atoms with Crippen LogP contribution in [0.2, 0.25) is 0 Å². The normalized spacial score (nSPS) is 13.6. The Labute approximate surface area is 296 Å². The topological polar surface area (TPSA) is 136 Å². The molecule has 0 aromatic carbocycles. The van der Waals surface area contributed by atoms with Crippen LogP contribution in [0.1, 0.15) is 152 Å². The average molecular weight is 725 g/mol. The monoisotopic (exact) mass is 724 g/mol. The van der Waals surface area contributed by atoms with Crippen molar-refractivity contribution in [1.29, 1.82) is 0 Å². The molecule has 0 bridgehead atoms. The van der Waals surface area contributed by atoms with E-state index in [0.717, 1.165) is 0 Å². The van der Waals surface area contributed by atoms with Crippen molar-refractivity contribution in [3.63, 3.8) is 0 Å². The van der Waals surface area contributed by atoms with Crippen LogP contribution in [0.4, 0.5) is 0 Å². The maximum Gasteiger partial charge on any atom is 0.678 e. The summed E-state index contributed by atoms with van der Waals surface area (Å²) in [5, 5.41) is 16.3. The Kier molecular flexibility index (Phi) is 26.7. The smallest absolute Gasteiger partial charge is 0.396 e. The molecule has 4 N–H and O–H groups in total. The number of aliphatic hydroxyl groups is 2. The van der Waals surface area contributed by atoms with Crippen LogP contribution in [0.3, 0.4) is 0 Å². The molecule has 276 valence electrons. The third-order valence-electron chi connectivity index (χ3n) is 3.34. The van der Waals surface area contributed by atoms with Gasteiger partial charge in [-0.3, -0.25) is 0 Å². The van der Waals surface area contributed by atoms with Crippen LogP contribution >= 0.6 is 0 Å². The fraction of sp³-hybridized carbons (Fsp3) is 1.00. The van der Waals surface area contributed by atoms with Gasteiger partial charge in [-0.15, -0.1) is 0 Å². The molecule has 0 radical (unpaired) electrons. The van der Waals surface area contributed by atoms with Gasteiger partial charge in [0.05, 0.1) is 33.6 Å². The zero-order chi connectivity index (χ0) is 36.8. The van der Waals surface area contributed by atoms with Gasteiger partial charge in [-0.1, -0.05) is 27.7 Å². The first-order valence-corrected chi connectivity index (χ1v) is 19.0. The van der Waals surface area contributed by atoms with Gasteiger partial charge in [-0.05, 0) is 136 Å². The number of aliphatic hydroxyl groups excluding tert-OH is 2. The Balaban J connectivity index is -0.000000179. The van der Waals surface area contributed by atoms with Gasteiger partial charge in [-0.2, -0.15) is 0 Å². The molecular formula is C32H76O10Si2Ti. The van der Waals surface area contributed by atoms with Gasteiger partial charge in [0.2, 0.25) is 0 Å². The Hall–Kier alpha value is 0.748. The fourth-order valence-electron chi connectivity index (χ4n) is 2.45. The summed E-state index contributed by atoms with van der Waals surface area (Å²) in [6.45, 7) is 42.1. The van der Waals surface area contributed by atoms with E-state index in [2.05, 4.69) is 0 Å². The summed E-state index contributed by atoms with van der Waals surface area (Å²) in [6.07, 6.45) is 0. The van der Waals surface area contributed by atoms with Crippen LogP contribution in [0.15, 0.2) is 0 Å². The van der Waals surface area contributed by atoms with Crippen LogP contribution < -0.4 is 0 Å². The van der Waals surface area contributed by atoms with Crippen molar-refractivity contribution >= 4 is 18.1 Å². The largest absolute Gasteiger partial charge is 0.678 e. The maximum atomic E-state index is 10.5. The Bertz CT molecular complexity index is 582. The van der Waals surface area contributed by atoms with Gasteiger partial charge in [0, 0.05) is 34.9 Å². The van der Waals surface area contributed by atoms with Crippen LogP contribution in [0, 0.1) is 11.8 Å². The zero-order valence-electron chi connectivity index (χ0n) is 33.3. The zero-order valence-corrected chi connectivity index (χ0v) is 36.9. The number of rotatable bonds is 8. The molecule has 0 aromatic rings. The van der Waals surface area contributed by atoms with E-state index in [-0.39, 0.29) is 21.7 Å². The Morgan fingerprint density at radius 3 is 0.511 bits per heavy atom. The van der Waals surface area contributed by atoms with Gasteiger partial charge >= 0.3 is 18.1 Å². The molecule has 0 amide bonds. The van der Waals surface area contributed by atoms with Crippen LogP contribution in [-0.2, 0) is 48.3 Å². The molecule has 10 nitrogen and oxygen atoms in total. The number of hydrogen-bond donors (Lipinski definition) is 4. The van der Waals surface area contributed by atoms with Gasteiger partial charge in [0.15, 0.2) is 0 Å². The second-order valence-corrected chi connectivity index (χ2v) is 20.8. The molecule has 0 rings (SSSR count). The van der Waals surface area contributed by atoms with Crippen molar-refractivity contribution in [2.45, 2.75) is 186 Å². The van der Waals surface area contributed by atoms with Crippen LogP contribution in [0.5, 0.6) is 0 Å². The third-order valence-corrected chi connectivity index (χ3v) is 8.56. The predicted molar refractivity (Wildman–Crippen MR) is 185 cm³/mol. The summed E-state index contributed by atoms with van der Waals surface area (Å²) in [4.78, 5) is 21.0. The SMILES string of the molecule is CC(C)(C)O[Si](O)(OC(C)(C)C)OC(C)(C)C.CC(C)(C)O[Si](O)(OC(C)(C)C)OC(C)(C)C.CC(C)CO.CC(C)CO.[Ti]. The Morgan fingerprint density at radius 2 is 0.467 bits per heavy atom. The van der Waals surface area contributed by atoms with Gasteiger partial charge in [0.1, 0.15) is 0 Å². The first-order chi connectivity index (χ1) is 18.8. The molecule has 0 fully saturated rings. The molecule has 45 heavy (non-hydrogen) atoms. The van der Waals surface area contributed by atoms with E-state index in [9.17, 15) is 9.59 Å². The molecule has 0 aliphatic carbocycles. The Morgan fingerprint density at radius 1 is 0.378 bits per heavy atom. The van der Waals surface area contributed by atoms with Gasteiger partial charge in [0.25, 0.3) is 0 Å². The predicted octanol–water partition coefficient (Wildman–Crippen LogP) is 6.99. The first-order valence-electron chi connectivity index (χ1n) is 15.7. The third kappa shape index (κ3) is 49.2. The van der Waals surface area contributed by atoms with E-state index in [1.54, 1.807) is 0 Å². The van der Waals surface area contributed by atoms with Gasteiger partial charge in [-0.25, -0.2) is 0 Å². The standard InChI is InChI=1S/2C12H28O4Si.2C4H10O.Ti/c2*1-10(2,3)14-17(13,15-11(4,5)6)16-12(7,8)9;2*1-4(2)3-5;/h2*13H,1-9H3;2*4-5H,3H2,1-2H3;. The van der Waals surface area contributed by atoms with Crippen molar-refractivity contribution in [2.24, 2.45) is 11.8 Å². The van der Waals surface area contributed by atoms with Crippen molar-refractivity contribution in [3.8, 4) is 0 Å². The van der Waals surface area contributed by atoms with E-state index in [1.165, 1.54) is 0 Å². The second-order valence-electron chi connectivity index (χ2n) is 17.5. The molecule has 13 heteroatoms. The minimum absolute atomic E-state index is 0. The van der Waals surface area contributed by atoms with E-state index in [4.69, 9.17) is 36.8 Å². The van der Waals surface area contributed by atoms with Crippen LogP contribution in [-0.4, -0.2) is 84.7 Å². The van der Waals surface area contributed by atoms with E-state index in [0.29, 0.717) is 25.0 Å². The molecule has 0 aliphatic rings. The minimum atomic E-state index is -3.66. The van der Waals surface area contributed by atoms with E-state index >= 15 is 0 Å². The summed E-state index contributed by atoms with van der Waals surface area (Å²) >= 11 is 0. The van der Waals surface area contributed by atoms with E-state index in [1.807, 2.05) is 152 Å². The summed E-state index contributed by atoms with van der Waals surface area (Å²) < 4.78 is 33.8. The molecule has 0 saturated heterocycles.